The predicted molar refractivity (Wildman–Crippen MR) is 87.3 cm³/mol. The Labute approximate surface area is 148 Å². The van der Waals surface area contributed by atoms with Crippen molar-refractivity contribution in [1.82, 2.24) is 0 Å². The molecule has 0 aliphatic carbocycles. The predicted octanol–water partition coefficient (Wildman–Crippen LogP) is 3.28. The van der Waals surface area contributed by atoms with Crippen LogP contribution in [0.3, 0.4) is 0 Å². The average molecular weight is 400 g/mol. The lowest BCUT2D eigenvalue weighted by Crippen LogP contribution is -2.37. The van der Waals surface area contributed by atoms with E-state index in [1.807, 2.05) is 5.32 Å². The zero-order valence-electron chi connectivity index (χ0n) is 13.3. The number of carbonyl (C=O) groups excluding carboxylic acids is 1. The second kappa shape index (κ2) is 7.51. The van der Waals surface area contributed by atoms with Gasteiger partial charge >= 0.3 is 6.18 Å². The molecule has 1 aromatic carbocycles. The lowest BCUT2D eigenvalue weighted by molar-refractivity contribution is -0.137. The van der Waals surface area contributed by atoms with Gasteiger partial charge in [-0.15, -0.1) is 0 Å². The van der Waals surface area contributed by atoms with E-state index in [9.17, 15) is 26.4 Å². The van der Waals surface area contributed by atoms with E-state index in [4.69, 9.17) is 16.3 Å². The van der Waals surface area contributed by atoms with Crippen molar-refractivity contribution >= 4 is 33.0 Å². The number of amides is 1. The molecule has 2 atom stereocenters. The molecule has 1 aliphatic rings. The summed E-state index contributed by atoms with van der Waals surface area (Å²) in [5.41, 5.74) is -1.68. The summed E-state index contributed by atoms with van der Waals surface area (Å²) in [7, 11) is -3.86. The molecule has 1 aliphatic heterocycles. The number of nitrogens with one attached hydrogen (secondary N) is 1. The van der Waals surface area contributed by atoms with E-state index in [1.165, 1.54) is 6.07 Å². The molecule has 2 rings (SSSR count). The SMILES string of the molecule is C[C@@H](C(=O)Nc1ccc(Cl)cc1C(F)(F)F)S(=O)(=O)C[C@H]1CCCO1. The minimum absolute atomic E-state index is 0.149. The number of hydrogen-bond acceptors (Lipinski definition) is 4. The monoisotopic (exact) mass is 399 g/mol. The van der Waals surface area contributed by atoms with Gasteiger partial charge in [-0.2, -0.15) is 13.2 Å². The van der Waals surface area contributed by atoms with Crippen molar-refractivity contribution < 1.29 is 31.1 Å². The third-order valence-electron chi connectivity index (χ3n) is 3.89. The maximum Gasteiger partial charge on any atom is 0.418 e. The number of ether oxygens (including phenoxy) is 1. The first-order valence-electron chi connectivity index (χ1n) is 7.51. The summed E-state index contributed by atoms with van der Waals surface area (Å²) in [5.74, 6) is -1.38. The molecule has 0 spiro atoms. The highest BCUT2D eigenvalue weighted by Crippen LogP contribution is 2.36. The highest BCUT2D eigenvalue weighted by molar-refractivity contribution is 7.92. The van der Waals surface area contributed by atoms with Crippen molar-refractivity contribution in [2.45, 2.75) is 37.3 Å². The van der Waals surface area contributed by atoms with Crippen LogP contribution in [0.15, 0.2) is 18.2 Å². The van der Waals surface area contributed by atoms with E-state index in [2.05, 4.69) is 0 Å². The molecule has 10 heteroatoms. The van der Waals surface area contributed by atoms with Crippen LogP contribution in [0.1, 0.15) is 25.3 Å². The van der Waals surface area contributed by atoms with Crippen LogP contribution in [0.5, 0.6) is 0 Å². The zero-order valence-corrected chi connectivity index (χ0v) is 14.8. The van der Waals surface area contributed by atoms with E-state index >= 15 is 0 Å². The third kappa shape index (κ3) is 5.08. The first kappa shape index (κ1) is 20.0. The average Bonchev–Trinajstić information content (AvgIpc) is 2.99. The number of sulfone groups is 1. The van der Waals surface area contributed by atoms with E-state index in [0.717, 1.165) is 19.4 Å². The number of benzene rings is 1. The van der Waals surface area contributed by atoms with Gasteiger partial charge in [-0.05, 0) is 38.0 Å². The Morgan fingerprint density at radius 2 is 2.12 bits per heavy atom. The normalized spacial score (nSPS) is 19.6. The van der Waals surface area contributed by atoms with Crippen molar-refractivity contribution in [3.8, 4) is 0 Å². The van der Waals surface area contributed by atoms with Gasteiger partial charge in [0.25, 0.3) is 0 Å². The number of rotatable bonds is 5. The Bertz CT molecular complexity index is 746. The van der Waals surface area contributed by atoms with Crippen LogP contribution >= 0.6 is 11.6 Å². The molecule has 0 bridgehead atoms. The Hall–Kier alpha value is -1.32. The summed E-state index contributed by atoms with van der Waals surface area (Å²) in [4.78, 5) is 12.2. The molecule has 1 fully saturated rings. The van der Waals surface area contributed by atoms with E-state index < -0.39 is 44.5 Å². The molecule has 25 heavy (non-hydrogen) atoms. The first-order chi connectivity index (χ1) is 11.5. The summed E-state index contributed by atoms with van der Waals surface area (Å²) >= 11 is 5.57. The van der Waals surface area contributed by atoms with Crippen molar-refractivity contribution in [2.24, 2.45) is 0 Å². The maximum atomic E-state index is 13.0. The molecule has 0 saturated carbocycles. The van der Waals surface area contributed by atoms with Crippen LogP contribution in [0.25, 0.3) is 0 Å². The van der Waals surface area contributed by atoms with Gasteiger partial charge in [-0.1, -0.05) is 11.6 Å². The minimum atomic E-state index is -4.74. The molecule has 1 heterocycles. The van der Waals surface area contributed by atoms with Gasteiger partial charge in [0.1, 0.15) is 5.25 Å². The second-order valence-electron chi connectivity index (χ2n) is 5.78. The maximum absolute atomic E-state index is 13.0. The molecule has 0 aromatic heterocycles. The number of hydrogen-bond donors (Lipinski definition) is 1. The summed E-state index contributed by atoms with van der Waals surface area (Å²) in [5, 5.41) is 0.383. The van der Waals surface area contributed by atoms with Crippen LogP contribution < -0.4 is 5.32 Å². The van der Waals surface area contributed by atoms with Crippen LogP contribution in [0, 0.1) is 0 Å². The van der Waals surface area contributed by atoms with Crippen molar-refractivity contribution in [3.63, 3.8) is 0 Å². The topological polar surface area (TPSA) is 72.5 Å². The summed E-state index contributed by atoms with van der Waals surface area (Å²) in [6.07, 6.45) is -3.92. The van der Waals surface area contributed by atoms with Gasteiger partial charge in [0, 0.05) is 11.6 Å². The molecule has 1 amide bonds. The highest BCUT2D eigenvalue weighted by Gasteiger charge is 2.36. The fourth-order valence-electron chi connectivity index (χ4n) is 2.44. The molecular formula is C15H17ClF3NO4S. The lowest BCUT2D eigenvalue weighted by Gasteiger charge is -2.18. The molecular weight excluding hydrogens is 383 g/mol. The van der Waals surface area contributed by atoms with Crippen molar-refractivity contribution in [1.29, 1.82) is 0 Å². The van der Waals surface area contributed by atoms with Gasteiger partial charge in [0.05, 0.1) is 23.1 Å². The zero-order chi connectivity index (χ0) is 18.8. The van der Waals surface area contributed by atoms with Crippen LogP contribution in [0.4, 0.5) is 18.9 Å². The molecule has 1 saturated heterocycles. The molecule has 140 valence electrons. The fourth-order valence-corrected chi connectivity index (χ4v) is 4.06. The fraction of sp³-hybridized carbons (Fsp3) is 0.533. The van der Waals surface area contributed by atoms with Gasteiger partial charge < -0.3 is 10.1 Å². The smallest absolute Gasteiger partial charge is 0.377 e. The van der Waals surface area contributed by atoms with E-state index in [1.54, 1.807) is 0 Å². The van der Waals surface area contributed by atoms with Gasteiger partial charge in [-0.3, -0.25) is 4.79 Å². The first-order valence-corrected chi connectivity index (χ1v) is 9.61. The van der Waals surface area contributed by atoms with Gasteiger partial charge in [0.15, 0.2) is 9.84 Å². The summed E-state index contributed by atoms with van der Waals surface area (Å²) < 4.78 is 68.9. The lowest BCUT2D eigenvalue weighted by atomic mass is 10.1. The molecule has 0 unspecified atom stereocenters. The minimum Gasteiger partial charge on any atom is -0.377 e. The summed E-state index contributed by atoms with van der Waals surface area (Å²) in [6.45, 7) is 1.60. The third-order valence-corrected chi connectivity index (χ3v) is 6.26. The summed E-state index contributed by atoms with van der Waals surface area (Å²) in [6, 6.07) is 2.84. The Kier molecular flexibility index (Phi) is 6.01. The molecule has 5 nitrogen and oxygen atoms in total. The second-order valence-corrected chi connectivity index (χ2v) is 8.59. The van der Waals surface area contributed by atoms with Gasteiger partial charge in [0.2, 0.25) is 5.91 Å². The number of alkyl halides is 3. The van der Waals surface area contributed by atoms with Crippen LogP contribution in [-0.4, -0.2) is 38.0 Å². The number of carbonyl (C=O) groups is 1. The van der Waals surface area contributed by atoms with E-state index in [-0.39, 0.29) is 10.8 Å². The van der Waals surface area contributed by atoms with Crippen LogP contribution in [0.2, 0.25) is 5.02 Å². The molecule has 1 aromatic rings. The van der Waals surface area contributed by atoms with Crippen molar-refractivity contribution in [2.75, 3.05) is 17.7 Å². The molecule has 1 N–H and O–H groups in total. The largest absolute Gasteiger partial charge is 0.418 e. The molecule has 0 radical (unpaired) electrons. The number of anilines is 1. The Morgan fingerprint density at radius 3 is 2.68 bits per heavy atom. The highest BCUT2D eigenvalue weighted by atomic mass is 35.5. The van der Waals surface area contributed by atoms with Crippen LogP contribution in [-0.2, 0) is 25.5 Å². The van der Waals surface area contributed by atoms with Crippen molar-refractivity contribution in [3.05, 3.63) is 28.8 Å². The Morgan fingerprint density at radius 1 is 1.44 bits per heavy atom. The van der Waals surface area contributed by atoms with E-state index in [0.29, 0.717) is 19.1 Å². The standard InChI is InChI=1S/C15H17ClF3NO4S/c1-9(25(22,23)8-11-3-2-6-24-11)14(21)20-13-5-4-10(16)7-12(13)15(17,18)19/h4-5,7,9,11H,2-3,6,8H2,1H3,(H,20,21)/t9-,11+/m0/s1. The Balaban J connectivity index is 2.16. The number of halogens is 4. The quantitative estimate of drug-likeness (QED) is 0.824. The van der Waals surface area contributed by atoms with Gasteiger partial charge in [-0.25, -0.2) is 8.42 Å².